The maximum atomic E-state index is 12.3. The van der Waals surface area contributed by atoms with E-state index in [1.807, 2.05) is 42.5 Å². The lowest BCUT2D eigenvalue weighted by atomic mass is 10.1. The van der Waals surface area contributed by atoms with Crippen LogP contribution in [0.1, 0.15) is 15.9 Å². The Bertz CT molecular complexity index is 1140. The van der Waals surface area contributed by atoms with Crippen molar-refractivity contribution in [1.29, 1.82) is 0 Å². The Hall–Kier alpha value is -4.07. The number of carbonyl (C=O) groups is 1. The summed E-state index contributed by atoms with van der Waals surface area (Å²) in [5.41, 5.74) is 2.10. The summed E-state index contributed by atoms with van der Waals surface area (Å²) in [5.74, 6) is -0.264. The number of hydrogen-bond acceptors (Lipinski definition) is 5. The van der Waals surface area contributed by atoms with Crippen molar-refractivity contribution in [2.24, 2.45) is 0 Å². The zero-order valence-corrected chi connectivity index (χ0v) is 14.7. The fourth-order valence-electron chi connectivity index (χ4n) is 2.64. The fraction of sp³-hybridized carbons (Fsp3) is 0.0500. The number of carbonyl (C=O) groups excluding carboxylic acids is 1. The zero-order valence-electron chi connectivity index (χ0n) is 14.7. The second kappa shape index (κ2) is 7.67. The van der Waals surface area contributed by atoms with Crippen LogP contribution >= 0.6 is 0 Å². The lowest BCUT2D eigenvalue weighted by molar-refractivity contribution is 0.0949. The van der Waals surface area contributed by atoms with Crippen molar-refractivity contribution in [3.63, 3.8) is 0 Å². The van der Waals surface area contributed by atoms with Crippen LogP contribution in [0.4, 0.5) is 0 Å². The normalized spacial score (nSPS) is 10.6. The maximum absolute atomic E-state index is 12.3. The molecule has 0 aliphatic rings. The number of rotatable bonds is 5. The molecule has 0 aliphatic heterocycles. The van der Waals surface area contributed by atoms with Gasteiger partial charge in [0.1, 0.15) is 5.56 Å². The topological polar surface area (TPSA) is 106 Å². The van der Waals surface area contributed by atoms with E-state index in [1.165, 1.54) is 10.9 Å². The predicted octanol–water partition coefficient (Wildman–Crippen LogP) is 1.95. The molecule has 4 rings (SSSR count). The van der Waals surface area contributed by atoms with Crippen molar-refractivity contribution in [1.82, 2.24) is 30.0 Å². The number of hydrogen-bond donors (Lipinski definition) is 2. The van der Waals surface area contributed by atoms with Crippen LogP contribution in [0.2, 0.25) is 0 Å². The first-order valence-electron chi connectivity index (χ1n) is 8.58. The quantitative estimate of drug-likeness (QED) is 0.557. The first-order chi connectivity index (χ1) is 13.7. The van der Waals surface area contributed by atoms with E-state index < -0.39 is 11.5 Å². The summed E-state index contributed by atoms with van der Waals surface area (Å²) in [6, 6.07) is 15.3. The lowest BCUT2D eigenvalue weighted by Crippen LogP contribution is -2.30. The molecule has 0 atom stereocenters. The highest BCUT2D eigenvalue weighted by molar-refractivity contribution is 5.93. The summed E-state index contributed by atoms with van der Waals surface area (Å²) in [5, 5.41) is 6.69. The van der Waals surface area contributed by atoms with E-state index in [0.29, 0.717) is 0 Å². The Balaban J connectivity index is 1.42. The van der Waals surface area contributed by atoms with Gasteiger partial charge in [0, 0.05) is 36.9 Å². The minimum Gasteiger partial charge on any atom is -0.348 e. The molecule has 2 N–H and O–H groups in total. The molecule has 1 aromatic carbocycles. The number of benzene rings is 1. The summed E-state index contributed by atoms with van der Waals surface area (Å²) in [6.45, 7) is 0.251. The minimum absolute atomic E-state index is 0.0650. The van der Waals surface area contributed by atoms with Gasteiger partial charge in [-0.05, 0) is 17.7 Å². The van der Waals surface area contributed by atoms with Crippen molar-refractivity contribution >= 4 is 5.91 Å². The standard InChI is InChI=1S/C20H16N6O2/c27-18(16-13-23-20(25-19(16)28)26-10-4-9-24-26)22-12-14-7-8-17(21-11-14)15-5-2-1-3-6-15/h1-11,13H,12H2,(H,22,27)(H,23,25,28). The van der Waals surface area contributed by atoms with E-state index in [0.717, 1.165) is 16.8 Å². The van der Waals surface area contributed by atoms with Gasteiger partial charge in [0.25, 0.3) is 11.5 Å². The molecule has 4 aromatic rings. The van der Waals surface area contributed by atoms with Gasteiger partial charge < -0.3 is 5.32 Å². The number of aromatic nitrogens is 5. The van der Waals surface area contributed by atoms with Crippen LogP contribution in [0.5, 0.6) is 0 Å². The van der Waals surface area contributed by atoms with Gasteiger partial charge in [0.15, 0.2) is 0 Å². The fourth-order valence-corrected chi connectivity index (χ4v) is 2.64. The molecule has 0 radical (unpaired) electrons. The van der Waals surface area contributed by atoms with Gasteiger partial charge in [-0.25, -0.2) is 9.67 Å². The molecule has 0 bridgehead atoms. The van der Waals surface area contributed by atoms with E-state index >= 15 is 0 Å². The highest BCUT2D eigenvalue weighted by Crippen LogP contribution is 2.16. The molecular weight excluding hydrogens is 356 g/mol. The Morgan fingerprint density at radius 3 is 2.57 bits per heavy atom. The molecule has 1 amide bonds. The highest BCUT2D eigenvalue weighted by atomic mass is 16.2. The molecule has 28 heavy (non-hydrogen) atoms. The Labute approximate surface area is 159 Å². The van der Waals surface area contributed by atoms with Crippen molar-refractivity contribution in [3.8, 4) is 17.2 Å². The van der Waals surface area contributed by atoms with Crippen molar-refractivity contribution in [2.45, 2.75) is 6.54 Å². The average molecular weight is 372 g/mol. The highest BCUT2D eigenvalue weighted by Gasteiger charge is 2.12. The summed E-state index contributed by atoms with van der Waals surface area (Å²) in [7, 11) is 0. The van der Waals surface area contributed by atoms with Crippen LogP contribution in [0.3, 0.4) is 0 Å². The first kappa shape index (κ1) is 17.3. The third-order valence-corrected chi connectivity index (χ3v) is 4.10. The molecule has 0 saturated carbocycles. The van der Waals surface area contributed by atoms with Crippen molar-refractivity contribution in [2.75, 3.05) is 0 Å². The number of amides is 1. The van der Waals surface area contributed by atoms with E-state index in [2.05, 4.69) is 25.4 Å². The number of pyridine rings is 1. The van der Waals surface area contributed by atoms with Gasteiger partial charge in [0.2, 0.25) is 5.95 Å². The molecule has 0 spiro atoms. The van der Waals surface area contributed by atoms with Crippen LogP contribution in [-0.4, -0.2) is 30.6 Å². The second-order valence-corrected chi connectivity index (χ2v) is 6.00. The number of aromatic amines is 1. The van der Waals surface area contributed by atoms with E-state index in [9.17, 15) is 9.59 Å². The largest absolute Gasteiger partial charge is 0.348 e. The molecule has 8 nitrogen and oxygen atoms in total. The molecule has 3 heterocycles. The molecule has 0 unspecified atom stereocenters. The first-order valence-corrected chi connectivity index (χ1v) is 8.58. The van der Waals surface area contributed by atoms with Gasteiger partial charge in [-0.1, -0.05) is 36.4 Å². The van der Waals surface area contributed by atoms with Crippen LogP contribution in [-0.2, 0) is 6.54 Å². The Morgan fingerprint density at radius 2 is 1.89 bits per heavy atom. The molecule has 0 aliphatic carbocycles. The third-order valence-electron chi connectivity index (χ3n) is 4.10. The number of H-pyrrole nitrogens is 1. The molecule has 8 heteroatoms. The minimum atomic E-state index is -0.532. The zero-order chi connectivity index (χ0) is 19.3. The summed E-state index contributed by atoms with van der Waals surface area (Å²) in [4.78, 5) is 35.5. The van der Waals surface area contributed by atoms with Crippen molar-refractivity contribution < 1.29 is 4.79 Å². The third kappa shape index (κ3) is 3.70. The Morgan fingerprint density at radius 1 is 1.04 bits per heavy atom. The average Bonchev–Trinajstić information content (AvgIpc) is 3.28. The summed E-state index contributed by atoms with van der Waals surface area (Å²) in [6.07, 6.45) is 6.15. The molecular formula is C20H16N6O2. The summed E-state index contributed by atoms with van der Waals surface area (Å²) >= 11 is 0. The number of nitrogens with one attached hydrogen (secondary N) is 2. The van der Waals surface area contributed by atoms with E-state index in [1.54, 1.807) is 24.7 Å². The molecule has 138 valence electrons. The SMILES string of the molecule is O=C(NCc1ccc(-c2ccccc2)nc1)c1cnc(-n2cccn2)[nH]c1=O. The van der Waals surface area contributed by atoms with Crippen LogP contribution in [0, 0.1) is 0 Å². The van der Waals surface area contributed by atoms with Crippen molar-refractivity contribution in [3.05, 3.63) is 94.8 Å². The lowest BCUT2D eigenvalue weighted by Gasteiger charge is -2.07. The van der Waals surface area contributed by atoms with E-state index in [-0.39, 0.29) is 18.1 Å². The van der Waals surface area contributed by atoms with Crippen LogP contribution in [0.25, 0.3) is 17.2 Å². The predicted molar refractivity (Wildman–Crippen MR) is 103 cm³/mol. The van der Waals surface area contributed by atoms with Gasteiger partial charge >= 0.3 is 0 Å². The van der Waals surface area contributed by atoms with Gasteiger partial charge in [-0.2, -0.15) is 5.10 Å². The Kier molecular flexibility index (Phi) is 4.75. The summed E-state index contributed by atoms with van der Waals surface area (Å²) < 4.78 is 1.41. The van der Waals surface area contributed by atoms with E-state index in [4.69, 9.17) is 0 Å². The van der Waals surface area contributed by atoms with Gasteiger partial charge in [0.05, 0.1) is 5.69 Å². The second-order valence-electron chi connectivity index (χ2n) is 6.00. The maximum Gasteiger partial charge on any atom is 0.265 e. The smallest absolute Gasteiger partial charge is 0.265 e. The van der Waals surface area contributed by atoms with Crippen LogP contribution < -0.4 is 10.9 Å². The van der Waals surface area contributed by atoms with Crippen LogP contribution in [0.15, 0.2) is 78.1 Å². The molecule has 0 saturated heterocycles. The molecule has 3 aromatic heterocycles. The monoisotopic (exact) mass is 372 g/mol. The van der Waals surface area contributed by atoms with Gasteiger partial charge in [-0.3, -0.25) is 19.6 Å². The molecule has 0 fully saturated rings. The number of nitrogens with zero attached hydrogens (tertiary/aromatic N) is 4. The van der Waals surface area contributed by atoms with Gasteiger partial charge in [-0.15, -0.1) is 0 Å².